The van der Waals surface area contributed by atoms with Gasteiger partial charge in [0, 0.05) is 11.8 Å². The van der Waals surface area contributed by atoms with Gasteiger partial charge in [0.2, 0.25) is 0 Å². The van der Waals surface area contributed by atoms with E-state index in [1.165, 1.54) is 7.11 Å². The zero-order chi connectivity index (χ0) is 13.5. The Labute approximate surface area is 112 Å². The molecule has 2 unspecified atom stereocenters. The monoisotopic (exact) mass is 256 g/mol. The van der Waals surface area contributed by atoms with Crippen molar-refractivity contribution in [2.45, 2.75) is 5.41 Å². The maximum atomic E-state index is 12.3. The second kappa shape index (κ2) is 4.26. The van der Waals surface area contributed by atoms with E-state index in [0.717, 1.165) is 11.3 Å². The lowest BCUT2D eigenvalue weighted by molar-refractivity contribution is -0.144. The minimum absolute atomic E-state index is 0.163. The van der Waals surface area contributed by atoms with E-state index < -0.39 is 5.41 Å². The Morgan fingerprint density at radius 3 is 2.11 bits per heavy atom. The van der Waals surface area contributed by atoms with Crippen LogP contribution in [0.5, 0.6) is 5.75 Å². The van der Waals surface area contributed by atoms with Crippen molar-refractivity contribution in [3.63, 3.8) is 0 Å². The highest BCUT2D eigenvalue weighted by Gasteiger charge is 2.69. The van der Waals surface area contributed by atoms with Crippen LogP contribution in [-0.2, 0) is 14.9 Å². The Balaban J connectivity index is 2.04. The number of carbonyl (C=O) groups excluding carboxylic acids is 1. The SMILES string of the molecule is COC(=O)C1(c2ccc(OC)cc2)C2C=CC=CC21. The van der Waals surface area contributed by atoms with Crippen molar-refractivity contribution in [2.75, 3.05) is 14.2 Å². The predicted molar refractivity (Wildman–Crippen MR) is 71.9 cm³/mol. The van der Waals surface area contributed by atoms with Gasteiger partial charge in [-0.25, -0.2) is 0 Å². The molecule has 1 saturated carbocycles. The smallest absolute Gasteiger partial charge is 0.317 e. The number of hydrogen-bond donors (Lipinski definition) is 0. The lowest BCUT2D eigenvalue weighted by Gasteiger charge is -2.15. The van der Waals surface area contributed by atoms with E-state index in [2.05, 4.69) is 12.2 Å². The molecule has 19 heavy (non-hydrogen) atoms. The van der Waals surface area contributed by atoms with Gasteiger partial charge >= 0.3 is 5.97 Å². The van der Waals surface area contributed by atoms with Crippen LogP contribution >= 0.6 is 0 Å². The minimum atomic E-state index is -0.551. The number of methoxy groups -OCH3 is 2. The van der Waals surface area contributed by atoms with Gasteiger partial charge < -0.3 is 9.47 Å². The zero-order valence-electron chi connectivity index (χ0n) is 11.0. The van der Waals surface area contributed by atoms with Crippen molar-refractivity contribution in [3.8, 4) is 5.75 Å². The standard InChI is InChI=1S/C16H16O3/c1-18-12-9-7-11(8-10-12)16(15(17)19-2)13-5-3-4-6-14(13)16/h3-10,13-14H,1-2H3. The van der Waals surface area contributed by atoms with Crippen LogP contribution in [-0.4, -0.2) is 20.2 Å². The lowest BCUT2D eigenvalue weighted by Crippen LogP contribution is -2.25. The van der Waals surface area contributed by atoms with Gasteiger partial charge in [-0.05, 0) is 17.7 Å². The number of allylic oxidation sites excluding steroid dienone is 4. The Hall–Kier alpha value is -2.03. The summed E-state index contributed by atoms with van der Waals surface area (Å²) in [4.78, 5) is 12.3. The molecule has 1 aromatic rings. The molecule has 2 aliphatic rings. The van der Waals surface area contributed by atoms with Crippen LogP contribution in [0.2, 0.25) is 0 Å². The third-order valence-corrected chi connectivity index (χ3v) is 4.17. The average Bonchev–Trinajstić information content (AvgIpc) is 3.16. The van der Waals surface area contributed by atoms with Crippen LogP contribution < -0.4 is 4.74 Å². The summed E-state index contributed by atoms with van der Waals surface area (Å²) in [6.45, 7) is 0. The summed E-state index contributed by atoms with van der Waals surface area (Å²) in [6, 6.07) is 7.68. The van der Waals surface area contributed by atoms with E-state index in [4.69, 9.17) is 9.47 Å². The highest BCUT2D eigenvalue weighted by molar-refractivity contribution is 5.90. The summed E-state index contributed by atoms with van der Waals surface area (Å²) in [7, 11) is 3.08. The second-order valence-corrected chi connectivity index (χ2v) is 4.91. The fraction of sp³-hybridized carbons (Fsp3) is 0.312. The molecule has 0 aliphatic heterocycles. The van der Waals surface area contributed by atoms with Crippen molar-refractivity contribution >= 4 is 5.97 Å². The summed E-state index contributed by atoms with van der Waals surface area (Å²) in [5, 5.41) is 0. The van der Waals surface area contributed by atoms with Gasteiger partial charge in [0.15, 0.2) is 0 Å². The number of ether oxygens (including phenoxy) is 2. The molecule has 98 valence electrons. The number of carbonyl (C=O) groups is 1. The Morgan fingerprint density at radius 2 is 1.63 bits per heavy atom. The van der Waals surface area contributed by atoms with Crippen molar-refractivity contribution in [3.05, 3.63) is 54.1 Å². The first-order chi connectivity index (χ1) is 9.25. The number of rotatable bonds is 3. The minimum Gasteiger partial charge on any atom is -0.497 e. The van der Waals surface area contributed by atoms with Crippen molar-refractivity contribution in [1.29, 1.82) is 0 Å². The largest absolute Gasteiger partial charge is 0.497 e. The topological polar surface area (TPSA) is 35.5 Å². The molecule has 0 aromatic heterocycles. The van der Waals surface area contributed by atoms with Crippen LogP contribution in [0.4, 0.5) is 0 Å². The first kappa shape index (κ1) is 12.0. The fourth-order valence-electron chi connectivity index (χ4n) is 3.16. The van der Waals surface area contributed by atoms with Crippen LogP contribution in [0, 0.1) is 11.8 Å². The number of fused-ring (bicyclic) bond motifs is 1. The Morgan fingerprint density at radius 1 is 1.05 bits per heavy atom. The maximum Gasteiger partial charge on any atom is 0.317 e. The normalized spacial score (nSPS) is 30.6. The van der Waals surface area contributed by atoms with Gasteiger partial charge in [-0.1, -0.05) is 36.4 Å². The Kier molecular flexibility index (Phi) is 2.70. The van der Waals surface area contributed by atoms with E-state index in [-0.39, 0.29) is 17.8 Å². The van der Waals surface area contributed by atoms with Gasteiger partial charge in [-0.2, -0.15) is 0 Å². The molecule has 0 spiro atoms. The predicted octanol–water partition coefficient (Wildman–Crippen LogP) is 2.48. The molecule has 1 aromatic carbocycles. The van der Waals surface area contributed by atoms with Crippen molar-refractivity contribution in [1.82, 2.24) is 0 Å². The second-order valence-electron chi connectivity index (χ2n) is 4.91. The summed E-state index contributed by atoms with van der Waals surface area (Å²) in [5.41, 5.74) is 0.441. The molecule has 0 saturated heterocycles. The molecule has 2 atom stereocenters. The first-order valence-corrected chi connectivity index (χ1v) is 6.33. The third kappa shape index (κ3) is 1.54. The van der Waals surface area contributed by atoms with Gasteiger partial charge in [0.25, 0.3) is 0 Å². The molecular formula is C16H16O3. The van der Waals surface area contributed by atoms with E-state index in [9.17, 15) is 4.79 Å². The number of hydrogen-bond acceptors (Lipinski definition) is 3. The van der Waals surface area contributed by atoms with Crippen LogP contribution in [0.3, 0.4) is 0 Å². The molecule has 0 radical (unpaired) electrons. The number of esters is 1. The van der Waals surface area contributed by atoms with Crippen LogP contribution in [0.1, 0.15) is 5.56 Å². The lowest BCUT2D eigenvalue weighted by atomic mass is 9.91. The average molecular weight is 256 g/mol. The van der Waals surface area contributed by atoms with E-state index in [1.807, 2.05) is 36.4 Å². The molecule has 0 heterocycles. The summed E-state index contributed by atoms with van der Waals surface area (Å²) < 4.78 is 10.2. The molecule has 3 rings (SSSR count). The zero-order valence-corrected chi connectivity index (χ0v) is 11.0. The molecule has 0 N–H and O–H groups in total. The highest BCUT2D eigenvalue weighted by atomic mass is 16.5. The van der Waals surface area contributed by atoms with Crippen molar-refractivity contribution in [2.24, 2.45) is 11.8 Å². The summed E-state index contributed by atoms with van der Waals surface area (Å²) in [6.07, 6.45) is 8.17. The van der Waals surface area contributed by atoms with Crippen LogP contribution in [0.25, 0.3) is 0 Å². The number of benzene rings is 1. The van der Waals surface area contributed by atoms with Crippen LogP contribution in [0.15, 0.2) is 48.6 Å². The summed E-state index contributed by atoms with van der Waals surface area (Å²) in [5.74, 6) is 1.04. The molecule has 0 amide bonds. The van der Waals surface area contributed by atoms with Gasteiger partial charge in [0.1, 0.15) is 11.2 Å². The van der Waals surface area contributed by atoms with Gasteiger partial charge in [-0.15, -0.1) is 0 Å². The quantitative estimate of drug-likeness (QED) is 0.779. The van der Waals surface area contributed by atoms with Gasteiger partial charge in [-0.3, -0.25) is 4.79 Å². The first-order valence-electron chi connectivity index (χ1n) is 6.33. The Bertz CT molecular complexity index is 536. The molecule has 3 nitrogen and oxygen atoms in total. The fourth-order valence-corrected chi connectivity index (χ4v) is 3.16. The van der Waals surface area contributed by atoms with E-state index in [1.54, 1.807) is 7.11 Å². The maximum absolute atomic E-state index is 12.3. The molecule has 3 heteroatoms. The van der Waals surface area contributed by atoms with E-state index in [0.29, 0.717) is 0 Å². The molecule has 1 fully saturated rings. The van der Waals surface area contributed by atoms with Gasteiger partial charge in [0.05, 0.1) is 14.2 Å². The highest BCUT2D eigenvalue weighted by Crippen LogP contribution is 2.63. The molecule has 2 aliphatic carbocycles. The summed E-state index contributed by atoms with van der Waals surface area (Å²) >= 11 is 0. The third-order valence-electron chi connectivity index (χ3n) is 4.17. The molecular weight excluding hydrogens is 240 g/mol. The molecule has 0 bridgehead atoms. The van der Waals surface area contributed by atoms with E-state index >= 15 is 0 Å². The van der Waals surface area contributed by atoms with Crippen molar-refractivity contribution < 1.29 is 14.3 Å².